The van der Waals surface area contributed by atoms with Gasteiger partial charge in [0.1, 0.15) is 42.1 Å². The molecule has 6 aromatic heterocycles. The van der Waals surface area contributed by atoms with Crippen LogP contribution >= 0.6 is 0 Å². The van der Waals surface area contributed by atoms with Crippen molar-refractivity contribution in [2.75, 3.05) is 105 Å². The number of anilines is 4. The van der Waals surface area contributed by atoms with Crippen LogP contribution < -0.4 is 35.6 Å². The van der Waals surface area contributed by atoms with Gasteiger partial charge in [-0.05, 0) is 158 Å². The lowest BCUT2D eigenvalue weighted by molar-refractivity contribution is -0.138. The second-order valence-corrected chi connectivity index (χ2v) is 30.1. The SMILES string of the molecule is N#Cc1cc(-c2ccc3c4cnccc4n(C(F)F)c3c2)cnc1N1CCC(CC=O)CC1.N#Cc1cc(-c2ccc3c4cnccc4n(C(F)F)c3c2)cnc1N1CCC(CCN2CCN(c3ccc4c(c3)CN(C3CCC(=O)NC3=O)C4=O)CC2)CC1.O=C1CCC(N2Cc3cc(N4CCNCC4)ccc3C2=O)C(=O)N1. The van der Waals surface area contributed by atoms with E-state index < -0.39 is 31.1 Å². The third-order valence-electron chi connectivity index (χ3n) is 23.6. The normalized spacial score (nSPS) is 19.2. The summed E-state index contributed by atoms with van der Waals surface area (Å²) in [6.07, 6.45) is 17.4. The molecule has 8 aliphatic heterocycles. The predicted octanol–water partition coefficient (Wildman–Crippen LogP) is 10.9. The smallest absolute Gasteiger partial charge is 0.319 e. The van der Waals surface area contributed by atoms with Crippen LogP contribution in [0.1, 0.15) is 120 Å². The van der Waals surface area contributed by atoms with Crippen molar-refractivity contribution in [3.05, 3.63) is 168 Å². The average molecular weight is 1530 g/mol. The van der Waals surface area contributed by atoms with E-state index in [9.17, 15) is 61.6 Å². The molecule has 3 N–H and O–H groups in total. The third kappa shape index (κ3) is 15.1. The Kier molecular flexibility index (Phi) is 21.4. The zero-order valence-corrected chi connectivity index (χ0v) is 62.0. The van der Waals surface area contributed by atoms with Crippen molar-refractivity contribution in [3.63, 3.8) is 0 Å². The molecule has 6 saturated heterocycles. The third-order valence-corrected chi connectivity index (χ3v) is 23.6. The molecule has 2 unspecified atom stereocenters. The summed E-state index contributed by atoms with van der Waals surface area (Å²) in [6.45, 7) is 7.04. The second kappa shape index (κ2) is 32.2. The molecule has 2 atom stereocenters. The Balaban J connectivity index is 0.000000142. The summed E-state index contributed by atoms with van der Waals surface area (Å²) in [5, 5.41) is 30.7. The molecule has 0 spiro atoms. The Hall–Kier alpha value is -12.2. The molecule has 4 aromatic carbocycles. The number of carbonyl (C=O) groups is 7. The van der Waals surface area contributed by atoms with Gasteiger partial charge < -0.3 is 39.5 Å². The number of alkyl halides is 4. The minimum absolute atomic E-state index is 0.119. The minimum atomic E-state index is -2.71. The van der Waals surface area contributed by atoms with E-state index in [0.717, 1.165) is 155 Å². The van der Waals surface area contributed by atoms with Gasteiger partial charge in [0.25, 0.3) is 11.8 Å². The van der Waals surface area contributed by atoms with E-state index >= 15 is 0 Å². The molecular formula is C84H82F4N18O7. The van der Waals surface area contributed by atoms with E-state index in [1.54, 1.807) is 64.9 Å². The fourth-order valence-corrected chi connectivity index (χ4v) is 17.4. The standard InChI is InChI=1S/C42H41F2N9O3.C25H21F2N5O.C17H20N4O3/c43-42(44)53-35-7-11-46-24-34(35)33-3-1-27(21-37(33)53)29-19-28(22-45)39(47-23-29)51-13-9-26(10-14-51)8-12-49-15-17-50(18-16-49)31-2-4-32-30(20-31)25-52(41(32)56)36-5-6-38(54)48-40(36)55;26-25(27)32-22-3-7-29-15-21(22)20-2-1-17(12-23(20)32)19-11-18(13-28)24(30-14-19)31-8-4-16(5-9-31)6-10-33;22-15-4-3-14(16(23)19-15)21-10-11-9-12(1-2-13(11)17(21)24)20-7-5-18-6-8-20/h1-4,7,11,19-21,23-24,26,36,42H,5-6,8-10,12-18,25H2,(H,48,54,55);1-3,7,10-12,14-16,25H,4-6,8-9H2;1-2,9,14,18H,3-8,10H2,(H,19,22,23). The number of rotatable bonds is 15. The first-order valence-electron chi connectivity index (χ1n) is 38.5. The molecule has 18 rings (SSSR count). The highest BCUT2D eigenvalue weighted by Gasteiger charge is 2.42. The first-order valence-corrected chi connectivity index (χ1v) is 38.5. The van der Waals surface area contributed by atoms with Crippen molar-refractivity contribution in [3.8, 4) is 34.4 Å². The van der Waals surface area contributed by atoms with Crippen LogP contribution in [0.3, 0.4) is 0 Å². The van der Waals surface area contributed by atoms with Crippen LogP contribution in [0.2, 0.25) is 0 Å². The number of nitrogens with one attached hydrogen (secondary N) is 3. The number of benzene rings is 4. The van der Waals surface area contributed by atoms with Gasteiger partial charge in [-0.15, -0.1) is 0 Å². The number of pyridine rings is 4. The van der Waals surface area contributed by atoms with Crippen molar-refractivity contribution in [2.45, 2.75) is 102 Å². The minimum Gasteiger partial charge on any atom is -0.369 e. The number of imide groups is 2. The van der Waals surface area contributed by atoms with Crippen LogP contribution in [0.15, 0.2) is 134 Å². The highest BCUT2D eigenvalue weighted by atomic mass is 19.3. The number of carbonyl (C=O) groups excluding carboxylic acids is 7. The Labute approximate surface area is 647 Å². The molecule has 0 saturated carbocycles. The molecule has 578 valence electrons. The van der Waals surface area contributed by atoms with Crippen LogP contribution in [0.4, 0.5) is 40.6 Å². The van der Waals surface area contributed by atoms with E-state index in [1.807, 2.05) is 54.6 Å². The second-order valence-electron chi connectivity index (χ2n) is 30.1. The van der Waals surface area contributed by atoms with E-state index in [0.29, 0.717) is 144 Å². The fourth-order valence-electron chi connectivity index (χ4n) is 17.4. The lowest BCUT2D eigenvalue weighted by Crippen LogP contribution is -2.52. The summed E-state index contributed by atoms with van der Waals surface area (Å²) < 4.78 is 58.2. The fraction of sp³-hybridized carbons (Fsp3) is 0.369. The van der Waals surface area contributed by atoms with Crippen LogP contribution in [0, 0.1) is 34.5 Å². The molecule has 8 aliphatic rings. The maximum Gasteiger partial charge on any atom is 0.319 e. The molecular weight excluding hydrogens is 1450 g/mol. The molecule has 10 aromatic rings. The summed E-state index contributed by atoms with van der Waals surface area (Å²) in [6, 6.07) is 32.8. The van der Waals surface area contributed by atoms with Gasteiger partial charge in [-0.2, -0.15) is 28.1 Å². The van der Waals surface area contributed by atoms with E-state index in [-0.39, 0.29) is 42.4 Å². The van der Waals surface area contributed by atoms with E-state index in [2.05, 4.69) is 79.7 Å². The van der Waals surface area contributed by atoms with Crippen LogP contribution in [0.5, 0.6) is 0 Å². The number of piperazine rings is 2. The molecule has 25 nitrogen and oxygen atoms in total. The number of hydrogen-bond acceptors (Lipinski definition) is 19. The quantitative estimate of drug-likeness (QED) is 0.0488. The molecule has 6 amide bonds. The van der Waals surface area contributed by atoms with Crippen LogP contribution in [-0.2, 0) is 37.1 Å². The number of amides is 6. The number of aldehydes is 1. The van der Waals surface area contributed by atoms with Gasteiger partial charge >= 0.3 is 13.1 Å². The van der Waals surface area contributed by atoms with Gasteiger partial charge in [-0.25, -0.2) is 9.97 Å². The van der Waals surface area contributed by atoms with Crippen molar-refractivity contribution in [1.29, 1.82) is 10.5 Å². The number of fused-ring (bicyclic) bond motifs is 8. The number of aromatic nitrogens is 6. The first-order chi connectivity index (χ1) is 55.0. The molecule has 0 bridgehead atoms. The summed E-state index contributed by atoms with van der Waals surface area (Å²) in [4.78, 5) is 116. The number of nitriles is 2. The molecule has 0 aliphatic carbocycles. The number of nitrogens with zero attached hydrogens (tertiary/aromatic N) is 15. The summed E-state index contributed by atoms with van der Waals surface area (Å²) in [7, 11) is 0. The summed E-state index contributed by atoms with van der Waals surface area (Å²) in [5.74, 6) is 0.669. The predicted molar refractivity (Wildman–Crippen MR) is 417 cm³/mol. The monoisotopic (exact) mass is 1530 g/mol. The highest BCUT2D eigenvalue weighted by molar-refractivity contribution is 6.11. The zero-order valence-electron chi connectivity index (χ0n) is 62.0. The number of halogens is 4. The van der Waals surface area contributed by atoms with Gasteiger partial charge in [0.2, 0.25) is 23.6 Å². The molecule has 14 heterocycles. The largest absolute Gasteiger partial charge is 0.369 e. The summed E-state index contributed by atoms with van der Waals surface area (Å²) >= 11 is 0. The Morgan fingerprint density at radius 1 is 0.478 bits per heavy atom. The van der Waals surface area contributed by atoms with Gasteiger partial charge in [0, 0.05) is 203 Å². The van der Waals surface area contributed by atoms with Crippen LogP contribution in [-0.4, -0.2) is 183 Å². The lowest BCUT2D eigenvalue weighted by atomic mass is 9.93. The maximum absolute atomic E-state index is 14.2. The van der Waals surface area contributed by atoms with Crippen molar-refractivity contribution >= 4 is 108 Å². The molecule has 29 heteroatoms. The summed E-state index contributed by atoms with van der Waals surface area (Å²) in [5.41, 5.74) is 10.8. The Bertz CT molecular complexity index is 5490. The molecule has 6 fully saturated rings. The zero-order chi connectivity index (χ0) is 78.1. The maximum atomic E-state index is 14.2. The van der Waals surface area contributed by atoms with Crippen molar-refractivity contribution < 1.29 is 51.1 Å². The van der Waals surface area contributed by atoms with Crippen molar-refractivity contribution in [2.24, 2.45) is 11.8 Å². The lowest BCUT2D eigenvalue weighted by Gasteiger charge is -2.38. The molecule has 113 heavy (non-hydrogen) atoms. The van der Waals surface area contributed by atoms with Crippen LogP contribution in [0.25, 0.3) is 65.9 Å². The van der Waals surface area contributed by atoms with Gasteiger partial charge in [0.05, 0.1) is 33.2 Å². The van der Waals surface area contributed by atoms with Gasteiger partial charge in [-0.1, -0.05) is 24.3 Å². The number of hydrogen-bond donors (Lipinski definition) is 3. The topological polar surface area (TPSA) is 287 Å². The van der Waals surface area contributed by atoms with E-state index in [4.69, 9.17) is 4.98 Å². The number of piperidine rings is 4. The Morgan fingerprint density at radius 2 is 0.938 bits per heavy atom. The van der Waals surface area contributed by atoms with E-state index in [1.165, 1.54) is 12.4 Å². The average Bonchev–Trinajstić information content (AvgIpc) is 1.60. The highest BCUT2D eigenvalue weighted by Crippen LogP contribution is 2.41. The first kappa shape index (κ1) is 74.9. The van der Waals surface area contributed by atoms with Crippen molar-refractivity contribution in [1.82, 2.24) is 59.7 Å². The van der Waals surface area contributed by atoms with Gasteiger partial charge in [-0.3, -0.25) is 63.4 Å². The van der Waals surface area contributed by atoms with Gasteiger partial charge in [0.15, 0.2) is 0 Å². The molecule has 0 radical (unpaired) electrons. The Morgan fingerprint density at radius 3 is 1.38 bits per heavy atom.